The Labute approximate surface area is 369 Å². The van der Waals surface area contributed by atoms with Crippen LogP contribution in [0, 0.1) is 0 Å². The third kappa shape index (κ3) is 13.3. The number of aliphatic hydroxyl groups is 7. The topological polar surface area (TPSA) is 587 Å². The van der Waals surface area contributed by atoms with Gasteiger partial charge in [0.2, 0.25) is 18.0 Å². The molecule has 37 nitrogen and oxygen atoms in total. The Morgan fingerprint density at radius 3 is 1.86 bits per heavy atom. The maximum atomic E-state index is 13.2. The van der Waals surface area contributed by atoms with Gasteiger partial charge in [0.25, 0.3) is 0 Å². The van der Waals surface area contributed by atoms with Crippen molar-refractivity contribution in [1.82, 2.24) is 10.0 Å². The summed E-state index contributed by atoms with van der Waals surface area (Å²) < 4.78 is 136. The number of nitrogens with one attached hydrogen (secondary N) is 2. The fourth-order valence-corrected chi connectivity index (χ4v) is 8.11. The number of ether oxygens (including phenoxy) is 7. The molecular formula is C26H50N7O30S3+5. The molecule has 3 fully saturated rings. The average molecular weight is 1040 g/mol. The SMILES string of the molecule is CC(=O)NC1C(OC2C(C(=O)O[NH3+])OC(OC3C(CO)OC(O)C(NS(=O)(=O)O[NH3+])C3OS(=O)(=O)O[NH3+])C(O)C2O)OC(COS(=O)(=O)O[NH3+])C(OC2OC(C(=O)O[NH3+])=CC(O)C2O)C1O. The molecule has 1 amide bonds. The lowest BCUT2D eigenvalue weighted by Crippen LogP contribution is -2.71. The van der Waals surface area contributed by atoms with Crippen LogP contribution in [0.4, 0.5) is 0 Å². The molecule has 4 rings (SSSR count). The van der Waals surface area contributed by atoms with Gasteiger partial charge in [-0.15, -0.1) is 0 Å². The van der Waals surface area contributed by atoms with E-state index in [-0.39, 0.29) is 0 Å². The molecule has 18 unspecified atom stereocenters. The summed E-state index contributed by atoms with van der Waals surface area (Å²) >= 11 is 0. The van der Waals surface area contributed by atoms with Crippen molar-refractivity contribution in [3.05, 3.63) is 11.8 Å². The van der Waals surface area contributed by atoms with Crippen molar-refractivity contribution < 1.29 is 169 Å². The van der Waals surface area contributed by atoms with Crippen molar-refractivity contribution in [2.75, 3.05) is 13.2 Å². The van der Waals surface area contributed by atoms with Crippen LogP contribution >= 0.6 is 0 Å². The van der Waals surface area contributed by atoms with Gasteiger partial charge in [0, 0.05) is 6.92 Å². The first-order valence-electron chi connectivity index (χ1n) is 18.1. The van der Waals surface area contributed by atoms with Crippen LogP contribution in [0.3, 0.4) is 0 Å². The second-order valence-corrected chi connectivity index (χ2v) is 17.6. The molecule has 0 radical (unpaired) electrons. The number of rotatable bonds is 20. The summed E-state index contributed by atoms with van der Waals surface area (Å²) in [7, 11) is -15.2. The smallest absolute Gasteiger partial charge is 0.444 e. The van der Waals surface area contributed by atoms with Crippen molar-refractivity contribution in [3.63, 3.8) is 0 Å². The third-order valence-electron chi connectivity index (χ3n) is 9.54. The molecule has 4 aliphatic heterocycles. The van der Waals surface area contributed by atoms with Crippen LogP contribution in [0.5, 0.6) is 0 Å². The number of carbonyl (C=O) groups is 3. The Hall–Kier alpha value is -3.16. The lowest BCUT2D eigenvalue weighted by Gasteiger charge is -2.49. The summed E-state index contributed by atoms with van der Waals surface area (Å²) in [5, 5.41) is 78.5. The molecule has 18 atom stereocenters. The van der Waals surface area contributed by atoms with Crippen LogP contribution in [0.25, 0.3) is 0 Å². The summed E-state index contributed by atoms with van der Waals surface area (Å²) in [5.74, 6) is 9.36. The molecular weight excluding hydrogens is 987 g/mol. The van der Waals surface area contributed by atoms with E-state index in [0.29, 0.717) is 6.08 Å². The Balaban J connectivity index is 1.72. The van der Waals surface area contributed by atoms with Crippen molar-refractivity contribution in [1.29, 1.82) is 0 Å². The van der Waals surface area contributed by atoms with Crippen molar-refractivity contribution >= 4 is 48.9 Å². The maximum absolute atomic E-state index is 13.2. The fourth-order valence-electron chi connectivity index (χ4n) is 6.53. The molecule has 66 heavy (non-hydrogen) atoms. The van der Waals surface area contributed by atoms with E-state index in [4.69, 9.17) is 41.5 Å². The number of hydrogen-bond acceptors (Lipinski definition) is 30. The van der Waals surface area contributed by atoms with Gasteiger partial charge >= 0.3 is 43.0 Å². The van der Waals surface area contributed by atoms with Crippen LogP contribution in [-0.4, -0.2) is 203 Å². The van der Waals surface area contributed by atoms with Gasteiger partial charge in [-0.2, -0.15) is 59.5 Å². The molecule has 0 aromatic heterocycles. The molecule has 0 aromatic rings. The van der Waals surface area contributed by atoms with Gasteiger partial charge < -0.3 is 74.2 Å². The van der Waals surface area contributed by atoms with Gasteiger partial charge in [-0.3, -0.25) is 14.5 Å². The standard InChI is InChI=1S/C26H49N7O30S3/c1-5(35)32-10-13(38)16(54-25-12(37)6(36)2-7(52-25)21(41)58-27)9(4-50-65(46,47)62-30)53-24(10)56-19-14(39)15(40)26(57-20(19)23(43)59-28)55-17-8(3-34)51-22(42)11(33-64(44,45)61-29)18(17)60-66(48,49)63-31/h2,6,8-20,22,24-26,33-34,36-40,42H,3-4H2,1,27-31H3/q+4/p+1. The monoisotopic (exact) mass is 1040 g/mol. The molecule has 24 N–H and O–H groups in total. The Morgan fingerprint density at radius 2 is 1.30 bits per heavy atom. The Morgan fingerprint density at radius 1 is 0.682 bits per heavy atom. The van der Waals surface area contributed by atoms with Crippen LogP contribution in [-0.2, 0) is 110 Å². The second kappa shape index (κ2) is 23.0. The summed E-state index contributed by atoms with van der Waals surface area (Å²) in [6.45, 7) is -1.52. The van der Waals surface area contributed by atoms with Crippen molar-refractivity contribution in [2.24, 2.45) is 0 Å². The minimum absolute atomic E-state index is 0.707. The van der Waals surface area contributed by atoms with Gasteiger partial charge in [0.05, 0.1) is 13.2 Å². The maximum Gasteiger partial charge on any atom is 0.444 e. The lowest BCUT2D eigenvalue weighted by atomic mass is 9.94. The summed E-state index contributed by atoms with van der Waals surface area (Å²) in [5.41, 5.74) is 0. The average Bonchev–Trinajstić information content (AvgIpc) is 3.27. The molecule has 0 spiro atoms. The highest BCUT2D eigenvalue weighted by atomic mass is 32.3. The van der Waals surface area contributed by atoms with Crippen molar-refractivity contribution in [2.45, 2.75) is 117 Å². The van der Waals surface area contributed by atoms with E-state index in [1.165, 1.54) is 0 Å². The van der Waals surface area contributed by atoms with Gasteiger partial charge in [-0.25, -0.2) is 18.0 Å². The summed E-state index contributed by atoms with van der Waals surface area (Å²) in [6.07, 6.45) is -34.9. The highest BCUT2D eigenvalue weighted by Crippen LogP contribution is 2.35. The minimum atomic E-state index is -5.25. The molecule has 0 aliphatic carbocycles. The number of quaternary nitrogens is 5. The first-order valence-corrected chi connectivity index (χ1v) is 22.2. The van der Waals surface area contributed by atoms with E-state index in [2.05, 4.69) is 57.3 Å². The van der Waals surface area contributed by atoms with E-state index in [1.807, 2.05) is 0 Å². The zero-order valence-electron chi connectivity index (χ0n) is 33.7. The molecule has 0 saturated carbocycles. The molecule has 382 valence electrons. The van der Waals surface area contributed by atoms with Gasteiger partial charge in [-0.1, -0.05) is 12.9 Å². The van der Waals surface area contributed by atoms with Crippen molar-refractivity contribution in [3.8, 4) is 0 Å². The number of aliphatic hydroxyl groups excluding tert-OH is 7. The highest BCUT2D eigenvalue weighted by Gasteiger charge is 2.58. The first kappa shape index (κ1) is 55.4. The zero-order valence-corrected chi connectivity index (χ0v) is 36.1. The molecule has 3 saturated heterocycles. The Bertz CT molecular complexity index is 2060. The molecule has 4 heterocycles. The number of carbonyl (C=O) groups excluding carboxylic acids is 3. The van der Waals surface area contributed by atoms with E-state index in [1.54, 1.807) is 4.72 Å². The summed E-state index contributed by atoms with van der Waals surface area (Å²) in [4.78, 5) is 46.6. The van der Waals surface area contributed by atoms with E-state index >= 15 is 0 Å². The molecule has 4 aliphatic rings. The quantitative estimate of drug-likeness (QED) is 0.0504. The van der Waals surface area contributed by atoms with Crippen LogP contribution in [0.15, 0.2) is 11.8 Å². The van der Waals surface area contributed by atoms with Crippen LogP contribution in [0.1, 0.15) is 6.92 Å². The number of hydrogen-bond donors (Lipinski definition) is 14. The molecule has 0 bridgehead atoms. The Kier molecular flexibility index (Phi) is 19.3. The largest absolute Gasteiger partial charge is 0.454 e. The third-order valence-corrected chi connectivity index (χ3v) is 11.9. The van der Waals surface area contributed by atoms with Crippen LogP contribution in [0.2, 0.25) is 0 Å². The van der Waals surface area contributed by atoms with E-state index in [9.17, 15) is 75.4 Å². The lowest BCUT2D eigenvalue weighted by molar-refractivity contribution is -0.659. The van der Waals surface area contributed by atoms with Gasteiger partial charge in [0.1, 0.15) is 79.2 Å². The van der Waals surface area contributed by atoms with Gasteiger partial charge in [0.15, 0.2) is 25.0 Å². The predicted octanol–water partition coefficient (Wildman–Crippen LogP) is -16.1. The molecule has 40 heteroatoms. The second-order valence-electron chi connectivity index (χ2n) is 13.7. The minimum Gasteiger partial charge on any atom is -0.454 e. The van der Waals surface area contributed by atoms with Crippen LogP contribution < -0.4 is 39.5 Å². The fraction of sp³-hybridized carbons (Fsp3) is 0.808. The summed E-state index contributed by atoms with van der Waals surface area (Å²) in [6, 6.07) is -4.22. The first-order chi connectivity index (χ1) is 30.8. The van der Waals surface area contributed by atoms with E-state index < -0.39 is 178 Å². The normalized spacial score (nSPS) is 37.8. The predicted molar refractivity (Wildman–Crippen MR) is 185 cm³/mol. The van der Waals surface area contributed by atoms with E-state index in [0.717, 1.165) is 6.92 Å². The molecule has 0 aromatic carbocycles. The number of amides is 1. The zero-order chi connectivity index (χ0) is 49.6. The highest BCUT2D eigenvalue weighted by molar-refractivity contribution is 7.84. The van der Waals surface area contributed by atoms with Gasteiger partial charge in [-0.05, 0) is 6.08 Å².